The first-order valence-electron chi connectivity index (χ1n) is 8.28. The topological polar surface area (TPSA) is 45.5 Å². The van der Waals surface area contributed by atoms with Crippen LogP contribution in [0, 0.1) is 11.3 Å². The van der Waals surface area contributed by atoms with Crippen molar-refractivity contribution in [3.05, 3.63) is 30.3 Å². The molecular weight excluding hydrogens is 276 g/mol. The zero-order valence-electron chi connectivity index (χ0n) is 13.1. The number of piperidine rings is 1. The fraction of sp³-hybridized carbons (Fsp3) is 0.611. The molecule has 2 aliphatic heterocycles. The van der Waals surface area contributed by atoms with Gasteiger partial charge in [0, 0.05) is 24.8 Å². The summed E-state index contributed by atoms with van der Waals surface area (Å²) in [4.78, 5) is 2.22. The van der Waals surface area contributed by atoms with Crippen molar-refractivity contribution in [2.45, 2.75) is 63.5 Å². The molecule has 4 atom stereocenters. The molecule has 2 fully saturated rings. The van der Waals surface area contributed by atoms with Crippen LogP contribution in [0.15, 0.2) is 30.3 Å². The molecular formula is C18H24N2O2. The van der Waals surface area contributed by atoms with Crippen molar-refractivity contribution in [1.82, 2.24) is 0 Å². The van der Waals surface area contributed by atoms with E-state index >= 15 is 0 Å². The zero-order valence-corrected chi connectivity index (χ0v) is 13.1. The van der Waals surface area contributed by atoms with E-state index < -0.39 is 0 Å². The Kier molecular flexibility index (Phi) is 4.97. The van der Waals surface area contributed by atoms with Crippen LogP contribution in [0.3, 0.4) is 0 Å². The molecule has 0 spiro atoms. The van der Waals surface area contributed by atoms with Crippen molar-refractivity contribution in [3.63, 3.8) is 0 Å². The lowest BCUT2D eigenvalue weighted by Gasteiger charge is -2.43. The average Bonchev–Trinajstić information content (AvgIpc) is 2.56. The lowest BCUT2D eigenvalue weighted by molar-refractivity contribution is -0.193. The van der Waals surface area contributed by atoms with Gasteiger partial charge in [0.25, 0.3) is 0 Å². The maximum absolute atomic E-state index is 9.59. The SMILES string of the molecule is C[C@H]1C[C@@H](OC2CCCCO2)C[C@H](C#N)N1c1ccccc1. The lowest BCUT2D eigenvalue weighted by Crippen LogP contribution is -2.50. The molecule has 0 radical (unpaired) electrons. The second kappa shape index (κ2) is 7.13. The van der Waals surface area contributed by atoms with Crippen LogP contribution < -0.4 is 4.90 Å². The highest BCUT2D eigenvalue weighted by Gasteiger charge is 2.35. The van der Waals surface area contributed by atoms with Gasteiger partial charge in [-0.05, 0) is 44.7 Å². The Morgan fingerprint density at radius 2 is 2.05 bits per heavy atom. The van der Waals surface area contributed by atoms with Crippen molar-refractivity contribution >= 4 is 5.69 Å². The Balaban J connectivity index is 1.67. The standard InChI is InChI=1S/C18H24N2O2/c1-14-11-17(22-18-9-5-6-10-21-18)12-16(13-19)20(14)15-7-3-2-4-8-15/h2-4,7-8,14,16-18H,5-6,9-12H2,1H3/t14-,16+,17+,18?/m0/s1. The van der Waals surface area contributed by atoms with Gasteiger partial charge in [-0.25, -0.2) is 0 Å². The van der Waals surface area contributed by atoms with Gasteiger partial charge in [0.1, 0.15) is 6.04 Å². The number of rotatable bonds is 3. The van der Waals surface area contributed by atoms with Gasteiger partial charge < -0.3 is 14.4 Å². The Morgan fingerprint density at radius 1 is 1.23 bits per heavy atom. The van der Waals surface area contributed by atoms with E-state index in [1.807, 2.05) is 18.2 Å². The zero-order chi connectivity index (χ0) is 15.4. The Bertz CT molecular complexity index is 508. The van der Waals surface area contributed by atoms with Gasteiger partial charge in [0.05, 0.1) is 12.2 Å². The van der Waals surface area contributed by atoms with E-state index in [0.29, 0.717) is 0 Å². The van der Waals surface area contributed by atoms with Crippen molar-refractivity contribution in [3.8, 4) is 6.07 Å². The molecule has 2 aliphatic rings. The summed E-state index contributed by atoms with van der Waals surface area (Å²) in [5, 5.41) is 9.59. The number of para-hydroxylation sites is 1. The monoisotopic (exact) mass is 300 g/mol. The van der Waals surface area contributed by atoms with Crippen molar-refractivity contribution in [2.75, 3.05) is 11.5 Å². The van der Waals surface area contributed by atoms with Crippen LogP contribution in [-0.2, 0) is 9.47 Å². The van der Waals surface area contributed by atoms with Crippen LogP contribution in [0.25, 0.3) is 0 Å². The molecule has 4 heteroatoms. The molecule has 0 bridgehead atoms. The fourth-order valence-corrected chi connectivity index (χ4v) is 3.55. The summed E-state index contributed by atoms with van der Waals surface area (Å²) in [5.41, 5.74) is 1.12. The van der Waals surface area contributed by atoms with Gasteiger partial charge in [-0.3, -0.25) is 0 Å². The van der Waals surface area contributed by atoms with Crippen molar-refractivity contribution in [2.24, 2.45) is 0 Å². The van der Waals surface area contributed by atoms with E-state index in [2.05, 4.69) is 30.0 Å². The Morgan fingerprint density at radius 3 is 2.73 bits per heavy atom. The van der Waals surface area contributed by atoms with Crippen LogP contribution in [0.5, 0.6) is 0 Å². The number of hydrogen-bond donors (Lipinski definition) is 0. The van der Waals surface area contributed by atoms with E-state index in [0.717, 1.165) is 38.0 Å². The molecule has 0 aromatic heterocycles. The summed E-state index contributed by atoms with van der Waals surface area (Å²) in [5.74, 6) is 0. The molecule has 1 aromatic rings. The van der Waals surface area contributed by atoms with E-state index in [-0.39, 0.29) is 24.5 Å². The highest BCUT2D eigenvalue weighted by atomic mass is 16.7. The van der Waals surface area contributed by atoms with Crippen LogP contribution in [-0.4, -0.2) is 31.1 Å². The summed E-state index contributed by atoms with van der Waals surface area (Å²) < 4.78 is 11.8. The first-order chi connectivity index (χ1) is 10.8. The number of nitrogens with zero attached hydrogens (tertiary/aromatic N) is 2. The van der Waals surface area contributed by atoms with E-state index in [1.54, 1.807) is 0 Å². The van der Waals surface area contributed by atoms with Crippen molar-refractivity contribution < 1.29 is 9.47 Å². The number of benzene rings is 1. The third kappa shape index (κ3) is 3.43. The normalized spacial score (nSPS) is 32.5. The molecule has 0 amide bonds. The predicted molar refractivity (Wildman–Crippen MR) is 85.5 cm³/mol. The van der Waals surface area contributed by atoms with Gasteiger partial charge in [-0.2, -0.15) is 5.26 Å². The average molecular weight is 300 g/mol. The molecule has 0 saturated carbocycles. The second-order valence-corrected chi connectivity index (χ2v) is 6.26. The summed E-state index contributed by atoms with van der Waals surface area (Å²) in [6.07, 6.45) is 5.00. The molecule has 22 heavy (non-hydrogen) atoms. The minimum absolute atomic E-state index is 0.0754. The van der Waals surface area contributed by atoms with Gasteiger partial charge >= 0.3 is 0 Å². The fourth-order valence-electron chi connectivity index (χ4n) is 3.55. The number of ether oxygens (including phenoxy) is 2. The first-order valence-corrected chi connectivity index (χ1v) is 8.28. The van der Waals surface area contributed by atoms with Crippen molar-refractivity contribution in [1.29, 1.82) is 5.26 Å². The molecule has 2 saturated heterocycles. The largest absolute Gasteiger partial charge is 0.353 e. The Labute approximate surface area is 132 Å². The van der Waals surface area contributed by atoms with Gasteiger partial charge in [-0.1, -0.05) is 18.2 Å². The maximum Gasteiger partial charge on any atom is 0.157 e. The van der Waals surface area contributed by atoms with Gasteiger partial charge in [0.15, 0.2) is 6.29 Å². The van der Waals surface area contributed by atoms with Crippen LogP contribution in [0.4, 0.5) is 5.69 Å². The maximum atomic E-state index is 9.59. The smallest absolute Gasteiger partial charge is 0.157 e. The van der Waals surface area contributed by atoms with Gasteiger partial charge in [-0.15, -0.1) is 0 Å². The molecule has 1 unspecified atom stereocenters. The first kappa shape index (κ1) is 15.3. The lowest BCUT2D eigenvalue weighted by atomic mass is 9.93. The molecule has 2 heterocycles. The third-order valence-electron chi connectivity index (χ3n) is 4.59. The highest BCUT2D eigenvalue weighted by Crippen LogP contribution is 2.31. The summed E-state index contributed by atoms with van der Waals surface area (Å²) in [6.45, 7) is 2.97. The molecule has 3 rings (SSSR count). The molecule has 4 nitrogen and oxygen atoms in total. The minimum atomic E-state index is -0.139. The second-order valence-electron chi connectivity index (χ2n) is 6.26. The molecule has 0 N–H and O–H groups in total. The minimum Gasteiger partial charge on any atom is -0.353 e. The van der Waals surface area contributed by atoms with E-state index in [9.17, 15) is 5.26 Å². The third-order valence-corrected chi connectivity index (χ3v) is 4.59. The van der Waals surface area contributed by atoms with E-state index in [4.69, 9.17) is 9.47 Å². The summed E-state index contributed by atoms with van der Waals surface area (Å²) in [6, 6.07) is 12.8. The Hall–Kier alpha value is -1.57. The van der Waals surface area contributed by atoms with Crippen LogP contribution in [0.2, 0.25) is 0 Å². The van der Waals surface area contributed by atoms with Crippen LogP contribution >= 0.6 is 0 Å². The number of hydrogen-bond acceptors (Lipinski definition) is 4. The number of nitriles is 1. The number of anilines is 1. The highest BCUT2D eigenvalue weighted by molar-refractivity contribution is 5.50. The predicted octanol–water partition coefficient (Wildman–Crippen LogP) is 3.48. The quantitative estimate of drug-likeness (QED) is 0.857. The van der Waals surface area contributed by atoms with Crippen LogP contribution in [0.1, 0.15) is 39.0 Å². The molecule has 1 aromatic carbocycles. The van der Waals surface area contributed by atoms with Gasteiger partial charge in [0.2, 0.25) is 0 Å². The molecule has 0 aliphatic carbocycles. The molecule has 118 valence electrons. The summed E-state index contributed by atoms with van der Waals surface area (Å²) in [7, 11) is 0. The summed E-state index contributed by atoms with van der Waals surface area (Å²) >= 11 is 0. The van der Waals surface area contributed by atoms with E-state index in [1.165, 1.54) is 6.42 Å².